The largest absolute Gasteiger partial charge is 0.359 e. The van der Waals surface area contributed by atoms with E-state index in [1.165, 1.54) is 12.1 Å². The van der Waals surface area contributed by atoms with Crippen LogP contribution in [0, 0.1) is 23.2 Å². The van der Waals surface area contributed by atoms with E-state index >= 15 is 0 Å². The van der Waals surface area contributed by atoms with E-state index in [9.17, 15) is 4.79 Å². The highest BCUT2D eigenvalue weighted by Gasteiger charge is 1.99. The van der Waals surface area contributed by atoms with E-state index in [-0.39, 0.29) is 0 Å². The maximum absolute atomic E-state index is 10.4. The second-order valence-corrected chi connectivity index (χ2v) is 2.85. The second kappa shape index (κ2) is 4.32. The third-order valence-electron chi connectivity index (χ3n) is 1.42. The first-order chi connectivity index (χ1) is 6.63. The van der Waals surface area contributed by atoms with Crippen molar-refractivity contribution in [3.05, 3.63) is 34.3 Å². The van der Waals surface area contributed by atoms with E-state index < -0.39 is 5.91 Å². The van der Waals surface area contributed by atoms with Gasteiger partial charge in [0.05, 0.1) is 5.56 Å². The summed E-state index contributed by atoms with van der Waals surface area (Å²) in [6.45, 7) is 0. The number of nitriles is 1. The van der Waals surface area contributed by atoms with Gasteiger partial charge in [-0.1, -0.05) is 17.5 Å². The van der Waals surface area contributed by atoms with Crippen molar-refractivity contribution in [2.45, 2.75) is 0 Å². The molecule has 0 aromatic heterocycles. The van der Waals surface area contributed by atoms with Crippen molar-refractivity contribution >= 4 is 17.5 Å². The highest BCUT2D eigenvalue weighted by molar-refractivity contribution is 6.30. The summed E-state index contributed by atoms with van der Waals surface area (Å²) in [6, 6.07) is 6.56. The van der Waals surface area contributed by atoms with Gasteiger partial charge in [-0.25, -0.2) is 0 Å². The van der Waals surface area contributed by atoms with Crippen LogP contribution in [-0.2, 0) is 4.79 Å². The minimum absolute atomic E-state index is 0.364. The lowest BCUT2D eigenvalue weighted by atomic mass is 10.1. The quantitative estimate of drug-likeness (QED) is 0.642. The monoisotopic (exact) mass is 204 g/mol. The number of hydrogen-bond donors (Lipinski definition) is 1. The molecular weight excluding hydrogens is 200 g/mol. The molecule has 0 spiro atoms. The van der Waals surface area contributed by atoms with Gasteiger partial charge in [-0.2, -0.15) is 5.26 Å². The average Bonchev–Trinajstić information content (AvgIpc) is 2.15. The summed E-state index contributed by atoms with van der Waals surface area (Å²) in [5.74, 6) is 3.87. The van der Waals surface area contributed by atoms with E-state index in [2.05, 4.69) is 11.8 Å². The normalized spacial score (nSPS) is 8.29. The van der Waals surface area contributed by atoms with Crippen molar-refractivity contribution in [3.63, 3.8) is 0 Å². The van der Waals surface area contributed by atoms with Gasteiger partial charge in [0.1, 0.15) is 6.07 Å². The summed E-state index contributed by atoms with van der Waals surface area (Å²) in [5.41, 5.74) is 5.61. The van der Waals surface area contributed by atoms with Crippen molar-refractivity contribution in [2.24, 2.45) is 5.73 Å². The Hall–Kier alpha value is -1.97. The summed E-state index contributed by atoms with van der Waals surface area (Å²) in [6.07, 6.45) is 0. The van der Waals surface area contributed by atoms with Gasteiger partial charge in [0.15, 0.2) is 0 Å². The van der Waals surface area contributed by atoms with Gasteiger partial charge in [-0.15, -0.1) is 0 Å². The van der Waals surface area contributed by atoms with Crippen LogP contribution in [0.1, 0.15) is 11.1 Å². The predicted octanol–water partition coefficient (Wildman–Crippen LogP) is 1.05. The van der Waals surface area contributed by atoms with Crippen molar-refractivity contribution in [1.29, 1.82) is 5.26 Å². The lowest BCUT2D eigenvalue weighted by molar-refractivity contribution is -0.112. The molecule has 0 bridgehead atoms. The van der Waals surface area contributed by atoms with Gasteiger partial charge in [0.25, 0.3) is 5.91 Å². The third-order valence-corrected chi connectivity index (χ3v) is 1.66. The number of benzene rings is 1. The Kier molecular flexibility index (Phi) is 3.12. The molecule has 0 atom stereocenters. The fourth-order valence-electron chi connectivity index (χ4n) is 0.846. The minimum Gasteiger partial charge on any atom is -0.359 e. The molecule has 0 unspecified atom stereocenters. The highest BCUT2D eigenvalue weighted by Crippen LogP contribution is 2.14. The van der Waals surface area contributed by atoms with Gasteiger partial charge in [0, 0.05) is 16.5 Å². The van der Waals surface area contributed by atoms with Gasteiger partial charge < -0.3 is 5.73 Å². The highest BCUT2D eigenvalue weighted by atomic mass is 35.5. The molecule has 1 rings (SSSR count). The second-order valence-electron chi connectivity index (χ2n) is 2.42. The van der Waals surface area contributed by atoms with Crippen molar-refractivity contribution in [2.75, 3.05) is 0 Å². The van der Waals surface area contributed by atoms with E-state index in [1.54, 1.807) is 6.07 Å². The van der Waals surface area contributed by atoms with Gasteiger partial charge in [-0.3, -0.25) is 4.79 Å². The topological polar surface area (TPSA) is 66.9 Å². The molecule has 4 heteroatoms. The van der Waals surface area contributed by atoms with Crippen molar-refractivity contribution in [3.8, 4) is 17.9 Å². The van der Waals surface area contributed by atoms with Crippen LogP contribution in [0.3, 0.4) is 0 Å². The fraction of sp³-hybridized carbons (Fsp3) is 0. The summed E-state index contributed by atoms with van der Waals surface area (Å²) in [7, 11) is 0. The van der Waals surface area contributed by atoms with E-state index in [4.69, 9.17) is 22.6 Å². The van der Waals surface area contributed by atoms with Crippen LogP contribution in [0.2, 0.25) is 5.02 Å². The Morgan fingerprint density at radius 3 is 2.71 bits per heavy atom. The smallest absolute Gasteiger partial charge is 0.293 e. The minimum atomic E-state index is -0.742. The van der Waals surface area contributed by atoms with Crippen LogP contribution < -0.4 is 5.73 Å². The lowest BCUT2D eigenvalue weighted by Crippen LogP contribution is -2.06. The zero-order valence-corrected chi connectivity index (χ0v) is 7.80. The molecule has 0 aliphatic heterocycles. The molecule has 0 saturated carbocycles. The maximum Gasteiger partial charge on any atom is 0.293 e. The van der Waals surface area contributed by atoms with Gasteiger partial charge >= 0.3 is 0 Å². The molecule has 68 valence electrons. The molecule has 1 aromatic rings. The number of amides is 1. The van der Waals surface area contributed by atoms with Crippen LogP contribution in [0.25, 0.3) is 0 Å². The SMILES string of the molecule is N#Cc1ccc(Cl)cc1C#CC(N)=O. The van der Waals surface area contributed by atoms with Crippen LogP contribution in [0.4, 0.5) is 0 Å². The first-order valence-corrected chi connectivity index (χ1v) is 4.02. The molecule has 0 aliphatic carbocycles. The number of primary amides is 1. The number of carbonyl (C=O) groups excluding carboxylic acids is 1. The van der Waals surface area contributed by atoms with Crippen molar-refractivity contribution < 1.29 is 4.79 Å². The molecule has 0 radical (unpaired) electrons. The van der Waals surface area contributed by atoms with E-state index in [0.717, 1.165) is 0 Å². The molecule has 3 nitrogen and oxygen atoms in total. The molecule has 1 amide bonds. The number of halogens is 1. The Morgan fingerprint density at radius 1 is 1.43 bits per heavy atom. The third kappa shape index (κ3) is 2.52. The Labute approximate surface area is 86.1 Å². The fourth-order valence-corrected chi connectivity index (χ4v) is 1.02. The summed E-state index contributed by atoms with van der Waals surface area (Å²) in [4.78, 5) is 10.4. The summed E-state index contributed by atoms with van der Waals surface area (Å²) < 4.78 is 0. The number of nitrogens with zero attached hydrogens (tertiary/aromatic N) is 1. The van der Waals surface area contributed by atoms with Crippen LogP contribution in [0.15, 0.2) is 18.2 Å². The molecule has 14 heavy (non-hydrogen) atoms. The van der Waals surface area contributed by atoms with Gasteiger partial charge in [-0.05, 0) is 18.2 Å². The van der Waals surface area contributed by atoms with Crippen LogP contribution >= 0.6 is 11.6 Å². The standard InChI is InChI=1S/C10H5ClN2O/c11-9-3-1-8(6-12)7(5-9)2-4-10(13)14/h1,3,5H,(H2,13,14). The number of nitrogens with two attached hydrogens (primary N) is 1. The Bertz CT molecular complexity index is 477. The Balaban J connectivity index is 3.21. The molecule has 2 N–H and O–H groups in total. The Morgan fingerprint density at radius 2 is 2.14 bits per heavy atom. The first kappa shape index (κ1) is 10.1. The lowest BCUT2D eigenvalue weighted by Gasteiger charge is -1.94. The molecule has 0 heterocycles. The van der Waals surface area contributed by atoms with Crippen LogP contribution in [0.5, 0.6) is 0 Å². The summed E-state index contributed by atoms with van der Waals surface area (Å²) in [5, 5.41) is 9.15. The zero-order chi connectivity index (χ0) is 10.6. The van der Waals surface area contributed by atoms with Crippen LogP contribution in [-0.4, -0.2) is 5.91 Å². The number of rotatable bonds is 0. The molecular formula is C10H5ClN2O. The van der Waals surface area contributed by atoms with E-state index in [0.29, 0.717) is 16.1 Å². The first-order valence-electron chi connectivity index (χ1n) is 3.64. The van der Waals surface area contributed by atoms with Crippen molar-refractivity contribution in [1.82, 2.24) is 0 Å². The number of carbonyl (C=O) groups is 1. The molecule has 0 aliphatic rings. The van der Waals surface area contributed by atoms with E-state index in [1.807, 2.05) is 6.07 Å². The maximum atomic E-state index is 10.4. The zero-order valence-electron chi connectivity index (χ0n) is 7.04. The predicted molar refractivity (Wildman–Crippen MR) is 52.2 cm³/mol. The average molecular weight is 205 g/mol. The molecule has 0 fully saturated rings. The van der Waals surface area contributed by atoms with Gasteiger partial charge in [0.2, 0.25) is 0 Å². The summed E-state index contributed by atoms with van der Waals surface area (Å²) >= 11 is 5.70. The number of hydrogen-bond acceptors (Lipinski definition) is 2. The molecule has 1 aromatic carbocycles. The molecule has 0 saturated heterocycles.